The Labute approximate surface area is 191 Å². The Morgan fingerprint density at radius 3 is 2.47 bits per heavy atom. The summed E-state index contributed by atoms with van der Waals surface area (Å²) in [4.78, 5) is 12.4. The predicted molar refractivity (Wildman–Crippen MR) is 126 cm³/mol. The van der Waals surface area contributed by atoms with Crippen molar-refractivity contribution in [3.8, 4) is 11.4 Å². The number of carbonyl (C=O) groups excluding carboxylic acids is 1. The van der Waals surface area contributed by atoms with E-state index in [4.69, 9.17) is 4.74 Å². The molecule has 4 rings (SSSR count). The Bertz CT molecular complexity index is 1160. The average molecular weight is 445 g/mol. The van der Waals surface area contributed by atoms with E-state index in [2.05, 4.69) is 21.6 Å². The van der Waals surface area contributed by atoms with Gasteiger partial charge in [0.1, 0.15) is 12.4 Å². The van der Waals surface area contributed by atoms with Crippen LogP contribution in [-0.2, 0) is 17.9 Å². The Morgan fingerprint density at radius 2 is 1.72 bits per heavy atom. The zero-order chi connectivity index (χ0) is 22.2. The van der Waals surface area contributed by atoms with Crippen molar-refractivity contribution < 1.29 is 9.53 Å². The molecule has 0 aliphatic heterocycles. The number of hydrogen-bond acceptors (Lipinski definition) is 5. The van der Waals surface area contributed by atoms with E-state index in [-0.39, 0.29) is 18.3 Å². The highest BCUT2D eigenvalue weighted by Gasteiger charge is 2.16. The van der Waals surface area contributed by atoms with Gasteiger partial charge >= 0.3 is 0 Å². The standard InChI is InChI=1S/C25H24N4O2S/c1-19-9-8-12-21(15-19)29-23(17-31-22-13-6-3-7-14-22)27-28-25(29)32-18-24(30)26-16-20-10-4-2-5-11-20/h2-15H,16-18H2,1H3,(H,26,30). The lowest BCUT2D eigenvalue weighted by Crippen LogP contribution is -2.24. The fraction of sp³-hybridized carbons (Fsp3) is 0.160. The quantitative estimate of drug-likeness (QED) is 0.383. The van der Waals surface area contributed by atoms with Crippen LogP contribution in [0.25, 0.3) is 5.69 Å². The van der Waals surface area contributed by atoms with Crippen LogP contribution >= 0.6 is 11.8 Å². The molecule has 4 aromatic rings. The van der Waals surface area contributed by atoms with Gasteiger partial charge in [-0.3, -0.25) is 9.36 Å². The smallest absolute Gasteiger partial charge is 0.230 e. The van der Waals surface area contributed by atoms with Crippen LogP contribution in [0, 0.1) is 6.92 Å². The summed E-state index contributed by atoms with van der Waals surface area (Å²) < 4.78 is 7.85. The molecule has 0 radical (unpaired) electrons. The molecule has 3 aromatic carbocycles. The Balaban J connectivity index is 1.47. The Morgan fingerprint density at radius 1 is 0.969 bits per heavy atom. The number of aryl methyl sites for hydroxylation is 1. The first-order chi connectivity index (χ1) is 15.7. The summed E-state index contributed by atoms with van der Waals surface area (Å²) >= 11 is 1.36. The van der Waals surface area contributed by atoms with Crippen LogP contribution < -0.4 is 10.1 Å². The number of thioether (sulfide) groups is 1. The molecule has 1 aromatic heterocycles. The molecular weight excluding hydrogens is 420 g/mol. The molecular formula is C25H24N4O2S. The fourth-order valence-electron chi connectivity index (χ4n) is 3.16. The second-order valence-electron chi connectivity index (χ2n) is 7.23. The van der Waals surface area contributed by atoms with Crippen LogP contribution in [0.2, 0.25) is 0 Å². The SMILES string of the molecule is Cc1cccc(-n2c(COc3ccccc3)nnc2SCC(=O)NCc2ccccc2)c1. The second kappa shape index (κ2) is 10.6. The second-order valence-corrected chi connectivity index (χ2v) is 8.17. The molecule has 6 nitrogen and oxygen atoms in total. The zero-order valence-corrected chi connectivity index (χ0v) is 18.6. The van der Waals surface area contributed by atoms with E-state index in [0.29, 0.717) is 17.5 Å². The summed E-state index contributed by atoms with van der Waals surface area (Å²) in [6.45, 7) is 2.81. The highest BCUT2D eigenvalue weighted by Crippen LogP contribution is 2.23. The molecule has 0 spiro atoms. The molecule has 1 amide bonds. The number of nitrogens with one attached hydrogen (secondary N) is 1. The molecule has 0 aliphatic carbocycles. The number of amides is 1. The Hall–Kier alpha value is -3.58. The van der Waals surface area contributed by atoms with Gasteiger partial charge in [0, 0.05) is 12.2 Å². The van der Waals surface area contributed by atoms with Crippen LogP contribution in [0.3, 0.4) is 0 Å². The first kappa shape index (κ1) is 21.6. The molecule has 162 valence electrons. The van der Waals surface area contributed by atoms with E-state index in [1.54, 1.807) is 0 Å². The minimum atomic E-state index is -0.0558. The van der Waals surface area contributed by atoms with Gasteiger partial charge in [0.25, 0.3) is 0 Å². The molecule has 32 heavy (non-hydrogen) atoms. The molecule has 0 unspecified atom stereocenters. The van der Waals surface area contributed by atoms with E-state index >= 15 is 0 Å². The highest BCUT2D eigenvalue weighted by atomic mass is 32.2. The number of rotatable bonds is 9. The van der Waals surface area contributed by atoms with Crippen LogP contribution in [0.5, 0.6) is 5.75 Å². The largest absolute Gasteiger partial charge is 0.486 e. The predicted octanol–water partition coefficient (Wildman–Crippen LogP) is 4.56. The first-order valence-electron chi connectivity index (χ1n) is 10.3. The van der Waals surface area contributed by atoms with Gasteiger partial charge in [0.2, 0.25) is 5.91 Å². The molecule has 1 heterocycles. The third-order valence-electron chi connectivity index (χ3n) is 4.74. The van der Waals surface area contributed by atoms with Crippen molar-refractivity contribution in [1.82, 2.24) is 20.1 Å². The van der Waals surface area contributed by atoms with Gasteiger partial charge in [-0.05, 0) is 42.3 Å². The monoisotopic (exact) mass is 444 g/mol. The fourth-order valence-corrected chi connectivity index (χ4v) is 3.96. The summed E-state index contributed by atoms with van der Waals surface area (Å²) in [5, 5.41) is 12.3. The maximum absolute atomic E-state index is 12.4. The molecule has 0 bridgehead atoms. The molecule has 1 N–H and O–H groups in total. The number of nitrogens with zero attached hydrogens (tertiary/aromatic N) is 3. The van der Waals surface area contributed by atoms with Crippen molar-refractivity contribution in [2.75, 3.05) is 5.75 Å². The summed E-state index contributed by atoms with van der Waals surface area (Å²) in [5.74, 6) is 1.63. The van der Waals surface area contributed by atoms with E-state index in [9.17, 15) is 4.79 Å². The van der Waals surface area contributed by atoms with Crippen molar-refractivity contribution in [3.63, 3.8) is 0 Å². The highest BCUT2D eigenvalue weighted by molar-refractivity contribution is 7.99. The number of carbonyl (C=O) groups is 1. The van der Waals surface area contributed by atoms with Crippen molar-refractivity contribution in [2.45, 2.75) is 25.2 Å². The number of para-hydroxylation sites is 1. The lowest BCUT2D eigenvalue weighted by molar-refractivity contribution is -0.118. The lowest BCUT2D eigenvalue weighted by Gasteiger charge is -2.12. The first-order valence-corrected chi connectivity index (χ1v) is 11.3. The van der Waals surface area contributed by atoms with Crippen molar-refractivity contribution in [3.05, 3.63) is 102 Å². The molecule has 0 saturated heterocycles. The normalized spacial score (nSPS) is 10.7. The van der Waals surface area contributed by atoms with Gasteiger partial charge in [-0.1, -0.05) is 72.4 Å². The summed E-state index contributed by atoms with van der Waals surface area (Å²) in [7, 11) is 0. The molecule has 0 saturated carbocycles. The maximum atomic E-state index is 12.4. The van der Waals surface area contributed by atoms with E-state index < -0.39 is 0 Å². The third kappa shape index (κ3) is 5.76. The molecule has 0 fully saturated rings. The number of ether oxygens (including phenoxy) is 1. The Kier molecular flexibility index (Phi) is 7.19. The van der Waals surface area contributed by atoms with Crippen LogP contribution in [-0.4, -0.2) is 26.4 Å². The van der Waals surface area contributed by atoms with Gasteiger partial charge in [-0.15, -0.1) is 10.2 Å². The maximum Gasteiger partial charge on any atom is 0.230 e. The van der Waals surface area contributed by atoms with Gasteiger partial charge in [0.05, 0.1) is 5.75 Å². The van der Waals surface area contributed by atoms with Crippen LogP contribution in [0.4, 0.5) is 0 Å². The summed E-state index contributed by atoms with van der Waals surface area (Å²) in [6, 6.07) is 27.5. The minimum Gasteiger partial charge on any atom is -0.486 e. The van der Waals surface area contributed by atoms with Crippen molar-refractivity contribution in [1.29, 1.82) is 0 Å². The molecule has 7 heteroatoms. The zero-order valence-electron chi connectivity index (χ0n) is 17.8. The van der Waals surface area contributed by atoms with E-state index in [1.165, 1.54) is 11.8 Å². The number of hydrogen-bond donors (Lipinski definition) is 1. The van der Waals surface area contributed by atoms with Crippen molar-refractivity contribution in [2.24, 2.45) is 0 Å². The van der Waals surface area contributed by atoms with E-state index in [1.807, 2.05) is 90.4 Å². The van der Waals surface area contributed by atoms with Crippen LogP contribution in [0.1, 0.15) is 17.0 Å². The van der Waals surface area contributed by atoms with E-state index in [0.717, 1.165) is 22.6 Å². The topological polar surface area (TPSA) is 69.0 Å². The van der Waals surface area contributed by atoms with Gasteiger partial charge in [-0.2, -0.15) is 0 Å². The number of benzene rings is 3. The van der Waals surface area contributed by atoms with Gasteiger partial charge in [-0.25, -0.2) is 0 Å². The minimum absolute atomic E-state index is 0.0558. The molecule has 0 aliphatic rings. The summed E-state index contributed by atoms with van der Waals surface area (Å²) in [5.41, 5.74) is 3.13. The van der Waals surface area contributed by atoms with Gasteiger partial charge < -0.3 is 10.1 Å². The van der Waals surface area contributed by atoms with Crippen LogP contribution in [0.15, 0.2) is 90.1 Å². The number of aromatic nitrogens is 3. The van der Waals surface area contributed by atoms with Crippen molar-refractivity contribution >= 4 is 17.7 Å². The summed E-state index contributed by atoms with van der Waals surface area (Å²) in [6.07, 6.45) is 0. The lowest BCUT2D eigenvalue weighted by atomic mass is 10.2. The molecule has 0 atom stereocenters. The third-order valence-corrected chi connectivity index (χ3v) is 5.67. The average Bonchev–Trinajstić information content (AvgIpc) is 3.24. The van der Waals surface area contributed by atoms with Gasteiger partial charge in [0.15, 0.2) is 11.0 Å².